The Morgan fingerprint density at radius 1 is 0.652 bits per heavy atom. The van der Waals surface area contributed by atoms with E-state index in [1.165, 1.54) is 12.8 Å². The molecule has 0 aliphatic heterocycles. The molecular weight excluding hydrogens is 582 g/mol. The van der Waals surface area contributed by atoms with Gasteiger partial charge in [-0.2, -0.15) is 0 Å². The number of nitrogens with zero attached hydrogens (tertiary/aromatic N) is 1. The number of allylic oxidation sites excluding steroid dienone is 12. The predicted molar refractivity (Wildman–Crippen MR) is 188 cm³/mol. The number of ether oxygens (including phenoxy) is 3. The summed E-state index contributed by atoms with van der Waals surface area (Å²) < 4.78 is 16.1. The van der Waals surface area contributed by atoms with Crippen LogP contribution in [-0.4, -0.2) is 86.5 Å². The second-order valence-electron chi connectivity index (χ2n) is 12.3. The van der Waals surface area contributed by atoms with Crippen molar-refractivity contribution in [2.75, 3.05) is 47.5 Å². The Morgan fingerprint density at radius 2 is 1.13 bits per heavy atom. The summed E-state index contributed by atoms with van der Waals surface area (Å²) in [6.45, 7) is 2.43. The summed E-state index contributed by atoms with van der Waals surface area (Å²) in [5, 5.41) is 19.2. The number of esters is 1. The van der Waals surface area contributed by atoms with E-state index in [4.69, 9.17) is 14.2 Å². The predicted octanol–water partition coefficient (Wildman–Crippen LogP) is 7.86. The lowest BCUT2D eigenvalue weighted by molar-refractivity contribution is -0.870. The lowest BCUT2D eigenvalue weighted by atomic mass is 10.1. The molecule has 0 saturated carbocycles. The second-order valence-corrected chi connectivity index (χ2v) is 12.3. The minimum Gasteiger partial charge on any atom is -0.477 e. The third-order valence-corrected chi connectivity index (χ3v) is 6.71. The molecular formula is C38H64NO7+. The standard InChI is InChI=1S/C38H63NO7/c1-5-6-7-8-9-10-11-12-13-14-15-16-17-18-19-20-21-22-23-24-25-26-27-28-29-30-36(41)45-33-35(40)34-46-38(37(42)43)44-32-31-39(2,3)4/h6-7,9-10,12-13,15-16,18-19,21-22,35,38,40H,5,8,11,14,17,20,23-34H2,1-4H3/p+1/b7-6-,10-9-,13-12-,16-15-,19-18-,22-21-. The van der Waals surface area contributed by atoms with Gasteiger partial charge in [0.25, 0.3) is 6.29 Å². The minimum atomic E-state index is -1.47. The molecule has 0 aromatic heterocycles. The first kappa shape index (κ1) is 43.2. The summed E-state index contributed by atoms with van der Waals surface area (Å²) >= 11 is 0. The third kappa shape index (κ3) is 32.6. The number of hydrogen-bond acceptors (Lipinski definition) is 6. The van der Waals surface area contributed by atoms with Crippen molar-refractivity contribution in [3.8, 4) is 0 Å². The average molecular weight is 647 g/mol. The summed E-state index contributed by atoms with van der Waals surface area (Å²) in [7, 11) is 5.90. The molecule has 2 unspecified atom stereocenters. The fraction of sp³-hybridized carbons (Fsp3) is 0.632. The number of aliphatic hydroxyl groups excluding tert-OH is 1. The largest absolute Gasteiger partial charge is 0.477 e. The van der Waals surface area contributed by atoms with Crippen molar-refractivity contribution >= 4 is 11.9 Å². The van der Waals surface area contributed by atoms with E-state index in [1.807, 2.05) is 21.1 Å². The van der Waals surface area contributed by atoms with Crippen molar-refractivity contribution in [1.29, 1.82) is 0 Å². The Labute approximate surface area is 279 Å². The summed E-state index contributed by atoms with van der Waals surface area (Å²) in [4.78, 5) is 23.2. The number of rotatable bonds is 30. The van der Waals surface area contributed by atoms with E-state index < -0.39 is 18.4 Å². The van der Waals surface area contributed by atoms with Crippen molar-refractivity contribution in [1.82, 2.24) is 0 Å². The van der Waals surface area contributed by atoms with Gasteiger partial charge in [0.1, 0.15) is 19.3 Å². The second kappa shape index (κ2) is 30.9. The zero-order valence-electron chi connectivity index (χ0n) is 29.2. The molecule has 0 spiro atoms. The molecule has 0 aromatic rings. The fourth-order valence-electron chi connectivity index (χ4n) is 4.01. The van der Waals surface area contributed by atoms with E-state index in [0.29, 0.717) is 17.4 Å². The third-order valence-electron chi connectivity index (χ3n) is 6.71. The number of carboxylic acid groups (broad SMARTS) is 1. The van der Waals surface area contributed by atoms with Crippen LogP contribution in [0.1, 0.15) is 96.8 Å². The number of quaternary nitrogens is 1. The van der Waals surface area contributed by atoms with Crippen molar-refractivity contribution in [2.45, 2.75) is 109 Å². The van der Waals surface area contributed by atoms with Gasteiger partial charge in [0.15, 0.2) is 0 Å². The molecule has 2 N–H and O–H groups in total. The number of unbranched alkanes of at least 4 members (excludes halogenated alkanes) is 6. The van der Waals surface area contributed by atoms with Crippen LogP contribution in [0, 0.1) is 0 Å². The number of carbonyl (C=O) groups is 2. The molecule has 0 fully saturated rings. The maximum atomic E-state index is 11.9. The van der Waals surface area contributed by atoms with E-state index in [2.05, 4.69) is 79.8 Å². The molecule has 0 amide bonds. The van der Waals surface area contributed by atoms with Gasteiger partial charge in [-0.15, -0.1) is 0 Å². The average Bonchev–Trinajstić information content (AvgIpc) is 3.00. The quantitative estimate of drug-likeness (QED) is 0.0269. The Hall–Kier alpha value is -2.78. The van der Waals surface area contributed by atoms with E-state index in [1.54, 1.807) is 0 Å². The highest BCUT2D eigenvalue weighted by atomic mass is 16.7. The van der Waals surface area contributed by atoms with Gasteiger partial charge >= 0.3 is 11.9 Å². The molecule has 0 heterocycles. The molecule has 0 aliphatic rings. The maximum absolute atomic E-state index is 11.9. The number of likely N-dealkylation sites (N-methyl/N-ethyl adjacent to an activating group) is 1. The van der Waals surface area contributed by atoms with Gasteiger partial charge in [-0.25, -0.2) is 4.79 Å². The van der Waals surface area contributed by atoms with Crippen LogP contribution in [0.5, 0.6) is 0 Å². The SMILES string of the molecule is CC/C=C\C/C=C\C/C=C\C/C=C\C/C=C\C/C=C\CCCCCCCCC(=O)OCC(O)COC(OCC[N+](C)(C)C)C(=O)O. The van der Waals surface area contributed by atoms with Gasteiger partial charge in [0.05, 0.1) is 34.4 Å². The molecule has 0 aliphatic carbocycles. The summed E-state index contributed by atoms with van der Waals surface area (Å²) in [5.41, 5.74) is 0. The number of carbonyl (C=O) groups excluding carboxylic acids is 1. The number of aliphatic carboxylic acids is 1. The van der Waals surface area contributed by atoms with Crippen molar-refractivity contribution in [3.63, 3.8) is 0 Å². The fourth-order valence-corrected chi connectivity index (χ4v) is 4.01. The minimum absolute atomic E-state index is 0.203. The Bertz CT molecular complexity index is 928. The highest BCUT2D eigenvalue weighted by molar-refractivity contribution is 5.70. The van der Waals surface area contributed by atoms with E-state index in [9.17, 15) is 19.8 Å². The molecule has 262 valence electrons. The molecule has 0 bridgehead atoms. The van der Waals surface area contributed by atoms with Gasteiger partial charge in [0, 0.05) is 6.42 Å². The van der Waals surface area contributed by atoms with Crippen LogP contribution < -0.4 is 0 Å². The van der Waals surface area contributed by atoms with Gasteiger partial charge in [-0.1, -0.05) is 106 Å². The molecule has 0 rings (SSSR count). The lowest BCUT2D eigenvalue weighted by Gasteiger charge is -2.24. The Morgan fingerprint density at radius 3 is 1.63 bits per heavy atom. The molecule has 0 saturated heterocycles. The van der Waals surface area contributed by atoms with Crippen molar-refractivity contribution < 1.29 is 38.5 Å². The van der Waals surface area contributed by atoms with Gasteiger partial charge in [-0.3, -0.25) is 4.79 Å². The molecule has 8 heteroatoms. The Balaban J connectivity index is 3.67. The highest BCUT2D eigenvalue weighted by Gasteiger charge is 2.22. The van der Waals surface area contributed by atoms with Crippen LogP contribution in [0.3, 0.4) is 0 Å². The first-order valence-electron chi connectivity index (χ1n) is 17.2. The topological polar surface area (TPSA) is 102 Å². The van der Waals surface area contributed by atoms with Gasteiger partial charge in [0.2, 0.25) is 0 Å². The zero-order chi connectivity index (χ0) is 34.1. The lowest BCUT2D eigenvalue weighted by Crippen LogP contribution is -2.40. The molecule has 2 atom stereocenters. The zero-order valence-corrected chi connectivity index (χ0v) is 29.2. The van der Waals surface area contributed by atoms with Gasteiger partial charge in [-0.05, 0) is 57.8 Å². The summed E-state index contributed by atoms with van der Waals surface area (Å²) in [5.74, 6) is -1.63. The maximum Gasteiger partial charge on any atom is 0.361 e. The molecule has 8 nitrogen and oxygen atoms in total. The Kier molecular flexibility index (Phi) is 29.0. The molecule has 0 radical (unpaired) electrons. The number of carboxylic acids is 1. The highest BCUT2D eigenvalue weighted by Crippen LogP contribution is 2.10. The van der Waals surface area contributed by atoms with E-state index in [0.717, 1.165) is 70.6 Å². The van der Waals surface area contributed by atoms with E-state index in [-0.39, 0.29) is 25.8 Å². The van der Waals surface area contributed by atoms with Crippen LogP contribution in [0.4, 0.5) is 0 Å². The van der Waals surface area contributed by atoms with Crippen LogP contribution in [0.15, 0.2) is 72.9 Å². The number of aliphatic hydroxyl groups is 1. The van der Waals surface area contributed by atoms with Crippen LogP contribution in [0.25, 0.3) is 0 Å². The molecule has 46 heavy (non-hydrogen) atoms. The van der Waals surface area contributed by atoms with Crippen LogP contribution in [-0.2, 0) is 23.8 Å². The van der Waals surface area contributed by atoms with Crippen molar-refractivity contribution in [2.24, 2.45) is 0 Å². The normalized spacial score (nSPS) is 14.2. The van der Waals surface area contributed by atoms with Crippen LogP contribution in [0.2, 0.25) is 0 Å². The first-order valence-corrected chi connectivity index (χ1v) is 17.2. The van der Waals surface area contributed by atoms with Crippen molar-refractivity contribution in [3.05, 3.63) is 72.9 Å². The van der Waals surface area contributed by atoms with E-state index >= 15 is 0 Å². The first-order chi connectivity index (χ1) is 22.2. The summed E-state index contributed by atoms with van der Waals surface area (Å²) in [6.07, 6.45) is 37.8. The summed E-state index contributed by atoms with van der Waals surface area (Å²) in [6, 6.07) is 0. The molecule has 0 aromatic carbocycles. The smallest absolute Gasteiger partial charge is 0.361 e. The van der Waals surface area contributed by atoms with Crippen LogP contribution >= 0.6 is 0 Å². The number of hydrogen-bond donors (Lipinski definition) is 2. The monoisotopic (exact) mass is 646 g/mol. The van der Waals surface area contributed by atoms with Gasteiger partial charge < -0.3 is 28.9 Å².